The maximum Gasteiger partial charge on any atom is 0.331 e. The molecule has 0 radical (unpaired) electrons. The van der Waals surface area contributed by atoms with Crippen LogP contribution in [-0.4, -0.2) is 22.2 Å². The highest BCUT2D eigenvalue weighted by Crippen LogP contribution is 2.45. The van der Waals surface area contributed by atoms with Crippen LogP contribution in [0, 0.1) is 36.5 Å². The van der Waals surface area contributed by atoms with Crippen LogP contribution >= 0.6 is 0 Å². The molecule has 0 aliphatic carbocycles. The molecule has 0 bridgehead atoms. The number of aliphatic carboxylic acids is 2. The fourth-order valence-corrected chi connectivity index (χ4v) is 3.00. The van der Waals surface area contributed by atoms with Crippen molar-refractivity contribution in [3.05, 3.63) is 70.8 Å². The Morgan fingerprint density at radius 3 is 1.19 bits per heavy atom. The number of hydrogen-bond acceptors (Lipinski definition) is 4. The quantitative estimate of drug-likeness (QED) is 0.856. The van der Waals surface area contributed by atoms with E-state index in [2.05, 4.69) is 0 Å². The standard InChI is InChI=1S/C20H16N2O4/c1-13-3-7-15(8-4-13)19(11-21,17(23)24)20(12-22,18(25)26)16-9-5-14(2)6-10-16/h3-10H,1-2H3,(H,23,24)(H,25,26). The summed E-state index contributed by atoms with van der Waals surface area (Å²) < 4.78 is 0. The summed E-state index contributed by atoms with van der Waals surface area (Å²) in [5.41, 5.74) is -3.78. The van der Waals surface area contributed by atoms with Crippen molar-refractivity contribution in [2.75, 3.05) is 0 Å². The van der Waals surface area contributed by atoms with Crippen molar-refractivity contribution in [2.45, 2.75) is 24.7 Å². The fourth-order valence-electron chi connectivity index (χ4n) is 3.00. The average Bonchev–Trinajstić information content (AvgIpc) is 2.61. The molecule has 0 saturated heterocycles. The van der Waals surface area contributed by atoms with E-state index in [1.807, 2.05) is 0 Å². The summed E-state index contributed by atoms with van der Waals surface area (Å²) in [6.07, 6.45) is 0. The minimum atomic E-state index is -2.63. The molecule has 6 heteroatoms. The summed E-state index contributed by atoms with van der Waals surface area (Å²) in [5.74, 6) is -3.40. The van der Waals surface area contributed by atoms with Gasteiger partial charge in [0.25, 0.3) is 0 Å². The Bertz CT molecular complexity index is 856. The van der Waals surface area contributed by atoms with Gasteiger partial charge in [-0.05, 0) is 25.0 Å². The van der Waals surface area contributed by atoms with Gasteiger partial charge in [0.15, 0.2) is 0 Å². The molecule has 130 valence electrons. The first-order valence-electron chi connectivity index (χ1n) is 7.70. The number of carboxylic acid groups (broad SMARTS) is 2. The maximum atomic E-state index is 12.3. The molecule has 6 nitrogen and oxygen atoms in total. The van der Waals surface area contributed by atoms with E-state index in [4.69, 9.17) is 0 Å². The average molecular weight is 348 g/mol. The van der Waals surface area contributed by atoms with Gasteiger partial charge in [-0.2, -0.15) is 10.5 Å². The molecule has 0 saturated carbocycles. The first-order chi connectivity index (χ1) is 12.3. The lowest BCUT2D eigenvalue weighted by atomic mass is 9.58. The highest BCUT2D eigenvalue weighted by Gasteiger charge is 2.65. The Balaban J connectivity index is 2.97. The normalized spacial score (nSPS) is 14.9. The van der Waals surface area contributed by atoms with Gasteiger partial charge >= 0.3 is 11.9 Å². The lowest BCUT2D eigenvalue weighted by Crippen LogP contribution is -2.57. The van der Waals surface area contributed by atoms with Gasteiger partial charge in [0.2, 0.25) is 10.8 Å². The van der Waals surface area contributed by atoms with Crippen molar-refractivity contribution in [3.8, 4) is 12.1 Å². The summed E-state index contributed by atoms with van der Waals surface area (Å²) in [7, 11) is 0. The zero-order valence-electron chi connectivity index (χ0n) is 14.2. The van der Waals surface area contributed by atoms with Gasteiger partial charge in [0, 0.05) is 0 Å². The van der Waals surface area contributed by atoms with Crippen LogP contribution in [0.2, 0.25) is 0 Å². The minimum absolute atomic E-state index is 0.0670. The Morgan fingerprint density at radius 1 is 0.731 bits per heavy atom. The van der Waals surface area contributed by atoms with Crippen molar-refractivity contribution in [2.24, 2.45) is 0 Å². The number of rotatable bonds is 5. The van der Waals surface area contributed by atoms with Crippen LogP contribution in [0.4, 0.5) is 0 Å². The monoisotopic (exact) mass is 348 g/mol. The topological polar surface area (TPSA) is 122 Å². The molecule has 0 heterocycles. The number of nitrogens with zero attached hydrogens (tertiary/aromatic N) is 2. The first-order valence-corrected chi connectivity index (χ1v) is 7.70. The van der Waals surface area contributed by atoms with Crippen LogP contribution in [0.3, 0.4) is 0 Å². The maximum absolute atomic E-state index is 12.3. The van der Waals surface area contributed by atoms with Gasteiger partial charge in [0.1, 0.15) is 0 Å². The summed E-state index contributed by atoms with van der Waals surface area (Å²) in [4.78, 5) is 24.5. The number of benzene rings is 2. The molecule has 0 aliphatic heterocycles. The number of carboxylic acids is 2. The van der Waals surface area contributed by atoms with Gasteiger partial charge in [-0.25, -0.2) is 0 Å². The van der Waals surface area contributed by atoms with E-state index in [1.165, 1.54) is 24.3 Å². The lowest BCUT2D eigenvalue weighted by Gasteiger charge is -2.36. The van der Waals surface area contributed by atoms with Crippen molar-refractivity contribution in [3.63, 3.8) is 0 Å². The molecule has 0 amide bonds. The van der Waals surface area contributed by atoms with Gasteiger partial charge in [-0.15, -0.1) is 0 Å². The predicted octanol–water partition coefficient (Wildman–Crippen LogP) is 2.70. The SMILES string of the molecule is Cc1ccc(C(C#N)(C(=O)O)C(C#N)(C(=O)O)c2ccc(C)cc2)cc1. The van der Waals surface area contributed by atoms with Gasteiger partial charge in [-0.3, -0.25) is 9.59 Å². The van der Waals surface area contributed by atoms with Crippen LogP contribution in [-0.2, 0) is 20.4 Å². The van der Waals surface area contributed by atoms with E-state index in [1.54, 1.807) is 50.3 Å². The molecule has 2 aromatic carbocycles. The molecular weight excluding hydrogens is 332 g/mol. The molecule has 2 aromatic rings. The van der Waals surface area contributed by atoms with E-state index in [0.29, 0.717) is 0 Å². The van der Waals surface area contributed by atoms with Crippen LogP contribution in [0.1, 0.15) is 22.3 Å². The second-order valence-corrected chi connectivity index (χ2v) is 6.07. The van der Waals surface area contributed by atoms with Crippen LogP contribution in [0.15, 0.2) is 48.5 Å². The minimum Gasteiger partial charge on any atom is -0.480 e. The van der Waals surface area contributed by atoms with Crippen molar-refractivity contribution in [1.82, 2.24) is 0 Å². The summed E-state index contributed by atoms with van der Waals surface area (Å²) >= 11 is 0. The molecule has 0 fully saturated rings. The molecule has 26 heavy (non-hydrogen) atoms. The molecule has 2 unspecified atom stereocenters. The summed E-state index contributed by atoms with van der Waals surface area (Å²) in [5, 5.41) is 39.6. The second-order valence-electron chi connectivity index (χ2n) is 6.07. The second kappa shape index (κ2) is 6.70. The Kier molecular flexibility index (Phi) is 4.82. The zero-order valence-corrected chi connectivity index (χ0v) is 14.2. The Labute approximate surface area is 150 Å². The molecule has 0 aliphatic rings. The largest absolute Gasteiger partial charge is 0.480 e. The lowest BCUT2D eigenvalue weighted by molar-refractivity contribution is -0.153. The van der Waals surface area contributed by atoms with Crippen molar-refractivity contribution in [1.29, 1.82) is 10.5 Å². The Morgan fingerprint density at radius 2 is 1.00 bits per heavy atom. The Hall–Kier alpha value is -3.64. The van der Waals surface area contributed by atoms with E-state index in [9.17, 15) is 30.3 Å². The van der Waals surface area contributed by atoms with E-state index in [-0.39, 0.29) is 11.1 Å². The highest BCUT2D eigenvalue weighted by atomic mass is 16.4. The number of nitriles is 2. The molecule has 2 atom stereocenters. The predicted molar refractivity (Wildman–Crippen MR) is 92.2 cm³/mol. The number of aryl methyl sites for hydroxylation is 2. The zero-order chi connectivity index (χ0) is 19.5. The van der Waals surface area contributed by atoms with Crippen LogP contribution < -0.4 is 0 Å². The molecular formula is C20H16N2O4. The van der Waals surface area contributed by atoms with Gasteiger partial charge < -0.3 is 10.2 Å². The van der Waals surface area contributed by atoms with Gasteiger partial charge in [0.05, 0.1) is 12.1 Å². The smallest absolute Gasteiger partial charge is 0.331 e. The fraction of sp³-hybridized carbons (Fsp3) is 0.200. The number of carbonyl (C=O) groups is 2. The third-order valence-corrected chi connectivity index (χ3v) is 4.51. The molecule has 0 aromatic heterocycles. The van der Waals surface area contributed by atoms with E-state index < -0.39 is 22.8 Å². The van der Waals surface area contributed by atoms with Crippen molar-refractivity contribution >= 4 is 11.9 Å². The third-order valence-electron chi connectivity index (χ3n) is 4.51. The summed E-state index contributed by atoms with van der Waals surface area (Å²) in [6, 6.07) is 15.0. The van der Waals surface area contributed by atoms with Crippen LogP contribution in [0.5, 0.6) is 0 Å². The first kappa shape index (κ1) is 18.7. The molecule has 2 N–H and O–H groups in total. The van der Waals surface area contributed by atoms with E-state index >= 15 is 0 Å². The van der Waals surface area contributed by atoms with Crippen molar-refractivity contribution < 1.29 is 19.8 Å². The number of hydrogen-bond donors (Lipinski definition) is 2. The highest BCUT2D eigenvalue weighted by molar-refractivity contribution is 6.00. The molecule has 0 spiro atoms. The summed E-state index contributed by atoms with van der Waals surface area (Å²) in [6.45, 7) is 3.54. The van der Waals surface area contributed by atoms with E-state index in [0.717, 1.165) is 11.1 Å². The molecule has 2 rings (SSSR count). The van der Waals surface area contributed by atoms with Crippen LogP contribution in [0.25, 0.3) is 0 Å². The third kappa shape index (κ3) is 2.49. The van der Waals surface area contributed by atoms with Gasteiger partial charge in [-0.1, -0.05) is 59.7 Å².